The van der Waals surface area contributed by atoms with Crippen LogP contribution in [0.4, 0.5) is 0 Å². The lowest BCUT2D eigenvalue weighted by Gasteiger charge is -2.21. The summed E-state index contributed by atoms with van der Waals surface area (Å²) in [5, 5.41) is 0. The summed E-state index contributed by atoms with van der Waals surface area (Å²) in [6, 6.07) is 2.13. The maximum absolute atomic E-state index is 6.27. The van der Waals surface area contributed by atoms with Gasteiger partial charge >= 0.3 is 0 Å². The Morgan fingerprint density at radius 2 is 1.31 bits per heavy atom. The number of unbranched alkanes of at least 4 members (excludes halogenated alkanes) is 7. The summed E-state index contributed by atoms with van der Waals surface area (Å²) in [7, 11) is 3.37. The fraction of sp³-hybridized carbons (Fsp3) is 0.786. The number of aryl methyl sites for hydroxylation is 1. The van der Waals surface area contributed by atoms with Gasteiger partial charge in [0.1, 0.15) is 0 Å². The van der Waals surface area contributed by atoms with Crippen LogP contribution in [0, 0.1) is 5.92 Å². The van der Waals surface area contributed by atoms with Crippen LogP contribution in [0.3, 0.4) is 0 Å². The van der Waals surface area contributed by atoms with Crippen molar-refractivity contribution in [3.63, 3.8) is 0 Å². The SMILES string of the molecule is CCCCCOc1cc(CCCCCCC(C)CC)c(OCCCCC)c(OC)c1OC. The molecule has 0 aliphatic rings. The average Bonchev–Trinajstić information content (AvgIpc) is 2.81. The number of rotatable bonds is 20. The summed E-state index contributed by atoms with van der Waals surface area (Å²) in [5.74, 6) is 3.76. The van der Waals surface area contributed by atoms with E-state index in [0.717, 1.165) is 43.1 Å². The molecule has 1 atom stereocenters. The average molecular weight is 451 g/mol. The largest absolute Gasteiger partial charge is 0.490 e. The predicted octanol–water partition coefficient (Wildman–Crippen LogP) is 8.38. The van der Waals surface area contributed by atoms with E-state index >= 15 is 0 Å². The molecule has 0 radical (unpaired) electrons. The van der Waals surface area contributed by atoms with Crippen LogP contribution >= 0.6 is 0 Å². The van der Waals surface area contributed by atoms with E-state index < -0.39 is 0 Å². The lowest BCUT2D eigenvalue weighted by atomic mass is 9.99. The summed E-state index contributed by atoms with van der Waals surface area (Å²) in [5.41, 5.74) is 1.17. The first-order valence-corrected chi connectivity index (χ1v) is 13.2. The summed E-state index contributed by atoms with van der Waals surface area (Å²) >= 11 is 0. The van der Waals surface area contributed by atoms with E-state index in [-0.39, 0.29) is 0 Å². The molecule has 0 aliphatic heterocycles. The second-order valence-electron chi connectivity index (χ2n) is 9.01. The summed E-state index contributed by atoms with van der Waals surface area (Å²) in [6.45, 7) is 10.4. The highest BCUT2D eigenvalue weighted by Gasteiger charge is 2.22. The lowest BCUT2D eigenvalue weighted by molar-refractivity contribution is 0.256. The van der Waals surface area contributed by atoms with Crippen molar-refractivity contribution in [1.82, 2.24) is 0 Å². The molecular weight excluding hydrogens is 400 g/mol. The van der Waals surface area contributed by atoms with Crippen LogP contribution in [0.5, 0.6) is 23.0 Å². The second kappa shape index (κ2) is 17.9. The molecule has 0 heterocycles. The van der Waals surface area contributed by atoms with E-state index in [2.05, 4.69) is 33.8 Å². The van der Waals surface area contributed by atoms with E-state index in [4.69, 9.17) is 18.9 Å². The van der Waals surface area contributed by atoms with Gasteiger partial charge in [0.25, 0.3) is 0 Å². The zero-order chi connectivity index (χ0) is 23.6. The molecule has 1 aromatic carbocycles. The molecule has 0 spiro atoms. The van der Waals surface area contributed by atoms with Crippen molar-refractivity contribution >= 4 is 0 Å². The third kappa shape index (κ3) is 10.4. The Hall–Kier alpha value is -1.58. The molecule has 186 valence electrons. The van der Waals surface area contributed by atoms with Gasteiger partial charge in [-0.05, 0) is 37.7 Å². The van der Waals surface area contributed by atoms with Gasteiger partial charge in [0, 0.05) is 5.56 Å². The molecule has 0 N–H and O–H groups in total. The van der Waals surface area contributed by atoms with Crippen LogP contribution in [0.25, 0.3) is 0 Å². The Balaban J connectivity index is 2.93. The quantitative estimate of drug-likeness (QED) is 0.187. The number of hydrogen-bond acceptors (Lipinski definition) is 4. The molecule has 0 saturated carbocycles. The van der Waals surface area contributed by atoms with Gasteiger partial charge in [-0.3, -0.25) is 0 Å². The highest BCUT2D eigenvalue weighted by atomic mass is 16.5. The molecule has 0 aliphatic carbocycles. The fourth-order valence-corrected chi connectivity index (χ4v) is 3.91. The van der Waals surface area contributed by atoms with Gasteiger partial charge in [0.05, 0.1) is 27.4 Å². The Bertz CT molecular complexity index is 600. The van der Waals surface area contributed by atoms with Crippen molar-refractivity contribution in [2.45, 2.75) is 111 Å². The van der Waals surface area contributed by atoms with Gasteiger partial charge in [-0.15, -0.1) is 0 Å². The highest BCUT2D eigenvalue weighted by Crippen LogP contribution is 2.47. The van der Waals surface area contributed by atoms with Gasteiger partial charge < -0.3 is 18.9 Å². The monoisotopic (exact) mass is 450 g/mol. The Morgan fingerprint density at radius 1 is 0.688 bits per heavy atom. The van der Waals surface area contributed by atoms with Crippen molar-refractivity contribution in [2.75, 3.05) is 27.4 Å². The number of ether oxygens (including phenoxy) is 4. The first kappa shape index (κ1) is 28.5. The minimum absolute atomic E-state index is 0.645. The van der Waals surface area contributed by atoms with Crippen LogP contribution < -0.4 is 18.9 Å². The highest BCUT2D eigenvalue weighted by molar-refractivity contribution is 5.63. The normalized spacial score (nSPS) is 11.9. The Kier molecular flexibility index (Phi) is 15.9. The third-order valence-corrected chi connectivity index (χ3v) is 6.23. The predicted molar refractivity (Wildman–Crippen MR) is 136 cm³/mol. The maximum atomic E-state index is 6.27. The topological polar surface area (TPSA) is 36.9 Å². The van der Waals surface area contributed by atoms with Crippen molar-refractivity contribution in [3.8, 4) is 23.0 Å². The van der Waals surface area contributed by atoms with E-state index in [1.165, 1.54) is 63.4 Å². The second-order valence-corrected chi connectivity index (χ2v) is 9.01. The smallest absolute Gasteiger partial charge is 0.207 e. The van der Waals surface area contributed by atoms with Crippen molar-refractivity contribution < 1.29 is 18.9 Å². The maximum Gasteiger partial charge on any atom is 0.207 e. The van der Waals surface area contributed by atoms with Crippen LogP contribution in [0.15, 0.2) is 6.07 Å². The molecule has 4 nitrogen and oxygen atoms in total. The van der Waals surface area contributed by atoms with Gasteiger partial charge in [-0.1, -0.05) is 85.5 Å². The Labute approximate surface area is 198 Å². The van der Waals surface area contributed by atoms with Crippen molar-refractivity contribution in [1.29, 1.82) is 0 Å². The van der Waals surface area contributed by atoms with Crippen LogP contribution in [0.1, 0.15) is 110 Å². The summed E-state index contributed by atoms with van der Waals surface area (Å²) in [4.78, 5) is 0. The molecule has 0 amide bonds. The first-order chi connectivity index (χ1) is 15.6. The lowest BCUT2D eigenvalue weighted by Crippen LogP contribution is -2.07. The minimum atomic E-state index is 0.645. The van der Waals surface area contributed by atoms with E-state index in [1.807, 2.05) is 0 Å². The molecule has 0 saturated heterocycles. The van der Waals surface area contributed by atoms with Gasteiger partial charge in [-0.25, -0.2) is 0 Å². The number of hydrogen-bond donors (Lipinski definition) is 0. The van der Waals surface area contributed by atoms with Crippen LogP contribution in [-0.4, -0.2) is 27.4 Å². The number of methoxy groups -OCH3 is 2. The molecule has 1 rings (SSSR count). The van der Waals surface area contributed by atoms with Crippen molar-refractivity contribution in [2.24, 2.45) is 5.92 Å². The molecule has 0 aromatic heterocycles. The Morgan fingerprint density at radius 3 is 1.91 bits per heavy atom. The molecule has 32 heavy (non-hydrogen) atoms. The summed E-state index contributed by atoms with van der Waals surface area (Å²) < 4.78 is 23.9. The zero-order valence-corrected chi connectivity index (χ0v) is 21.9. The summed E-state index contributed by atoms with van der Waals surface area (Å²) in [6.07, 6.45) is 15.4. The van der Waals surface area contributed by atoms with Crippen LogP contribution in [-0.2, 0) is 6.42 Å². The fourth-order valence-electron chi connectivity index (χ4n) is 3.91. The van der Waals surface area contributed by atoms with Gasteiger partial charge in [-0.2, -0.15) is 0 Å². The van der Waals surface area contributed by atoms with Crippen LogP contribution in [0.2, 0.25) is 0 Å². The molecule has 1 unspecified atom stereocenters. The first-order valence-electron chi connectivity index (χ1n) is 13.2. The molecular formula is C28H50O4. The van der Waals surface area contributed by atoms with Gasteiger partial charge in [0.2, 0.25) is 11.5 Å². The van der Waals surface area contributed by atoms with E-state index in [0.29, 0.717) is 24.7 Å². The third-order valence-electron chi connectivity index (χ3n) is 6.23. The van der Waals surface area contributed by atoms with E-state index in [9.17, 15) is 0 Å². The van der Waals surface area contributed by atoms with Gasteiger partial charge in [0.15, 0.2) is 11.5 Å². The zero-order valence-electron chi connectivity index (χ0n) is 21.9. The molecule has 4 heteroatoms. The standard InChI is InChI=1S/C28H50O4/c1-7-10-16-20-31-25-22-24(19-15-13-12-14-18-23(4)9-3)26(32-21-17-11-8-2)28(30-6)27(25)29-5/h22-23H,7-21H2,1-6H3. The van der Waals surface area contributed by atoms with Crippen molar-refractivity contribution in [3.05, 3.63) is 11.6 Å². The number of benzene rings is 1. The molecule has 0 bridgehead atoms. The minimum Gasteiger partial charge on any atom is -0.490 e. The van der Waals surface area contributed by atoms with E-state index in [1.54, 1.807) is 14.2 Å². The molecule has 1 aromatic rings. The molecule has 0 fully saturated rings.